The van der Waals surface area contributed by atoms with Crippen molar-refractivity contribution in [1.29, 1.82) is 0 Å². The Hall–Kier alpha value is -1.69. The molecule has 1 saturated heterocycles. The normalized spacial score (nSPS) is 24.7. The number of hydrogen-bond acceptors (Lipinski definition) is 5. The van der Waals surface area contributed by atoms with Gasteiger partial charge in [-0.05, 0) is 17.5 Å². The molecule has 1 aromatic heterocycles. The van der Waals surface area contributed by atoms with Crippen LogP contribution in [0.1, 0.15) is 11.1 Å². The van der Waals surface area contributed by atoms with E-state index < -0.39 is 0 Å². The van der Waals surface area contributed by atoms with E-state index in [9.17, 15) is 5.11 Å². The molecule has 1 aromatic carbocycles. The van der Waals surface area contributed by atoms with Gasteiger partial charge < -0.3 is 10.0 Å². The lowest BCUT2D eigenvalue weighted by Gasteiger charge is -2.34. The zero-order valence-corrected chi connectivity index (χ0v) is 13.5. The van der Waals surface area contributed by atoms with E-state index in [0.717, 1.165) is 31.9 Å². The highest BCUT2D eigenvalue weighted by Crippen LogP contribution is 2.27. The minimum absolute atomic E-state index is 0.115. The number of fused-ring (bicyclic) bond motifs is 1. The lowest BCUT2D eigenvalue weighted by atomic mass is 9.98. The average Bonchev–Trinajstić information content (AvgIpc) is 2.96. The number of nitrogens with zero attached hydrogens (tertiary/aromatic N) is 4. The molecule has 0 radical (unpaired) electrons. The molecule has 0 saturated carbocycles. The molecule has 23 heavy (non-hydrogen) atoms. The van der Waals surface area contributed by atoms with Crippen molar-refractivity contribution >= 4 is 17.4 Å². The SMILES string of the molecule is O[C@@H]1CN(c2cncc(Cl)n2)C[C@H]1N1CCc2ccccc2C1. The first-order chi connectivity index (χ1) is 11.2. The van der Waals surface area contributed by atoms with E-state index in [1.54, 1.807) is 6.20 Å². The number of β-amino-alcohol motifs (C(OH)–C–C–N with tert-alkyl or cyclic N) is 1. The molecule has 0 amide bonds. The Morgan fingerprint density at radius 3 is 2.78 bits per heavy atom. The van der Waals surface area contributed by atoms with Gasteiger partial charge in [0.1, 0.15) is 11.0 Å². The lowest BCUT2D eigenvalue weighted by Crippen LogP contribution is -2.45. The largest absolute Gasteiger partial charge is 0.390 e. The fourth-order valence-electron chi connectivity index (χ4n) is 3.60. The molecule has 3 heterocycles. The van der Waals surface area contributed by atoms with Gasteiger partial charge in [0, 0.05) is 26.2 Å². The van der Waals surface area contributed by atoms with Crippen LogP contribution in [0.5, 0.6) is 0 Å². The average molecular weight is 331 g/mol. The summed E-state index contributed by atoms with van der Waals surface area (Å²) in [5, 5.41) is 10.9. The maximum atomic E-state index is 10.5. The molecule has 2 aliphatic rings. The van der Waals surface area contributed by atoms with Crippen molar-refractivity contribution in [3.05, 3.63) is 52.9 Å². The summed E-state index contributed by atoms with van der Waals surface area (Å²) in [7, 11) is 0. The fraction of sp³-hybridized carbons (Fsp3) is 0.412. The number of aliphatic hydroxyl groups is 1. The third kappa shape index (κ3) is 2.92. The van der Waals surface area contributed by atoms with Crippen LogP contribution in [0.3, 0.4) is 0 Å². The number of aliphatic hydroxyl groups excluding tert-OH is 1. The van der Waals surface area contributed by atoms with Crippen molar-refractivity contribution in [2.75, 3.05) is 24.5 Å². The number of halogens is 1. The number of hydrogen-bond donors (Lipinski definition) is 1. The quantitative estimate of drug-likeness (QED) is 0.909. The van der Waals surface area contributed by atoms with Crippen LogP contribution in [0.25, 0.3) is 0 Å². The summed E-state index contributed by atoms with van der Waals surface area (Å²) >= 11 is 5.93. The molecule has 2 aromatic rings. The van der Waals surface area contributed by atoms with Gasteiger partial charge >= 0.3 is 0 Å². The standard InChI is InChI=1S/C17H19ClN4O/c18-16-7-19-8-17(20-16)22-10-14(15(23)11-22)21-6-5-12-3-1-2-4-13(12)9-21/h1-4,7-8,14-15,23H,5-6,9-11H2/t14-,15-/m1/s1. The molecule has 0 bridgehead atoms. The molecule has 0 aliphatic carbocycles. The van der Waals surface area contributed by atoms with Crippen molar-refractivity contribution in [1.82, 2.24) is 14.9 Å². The van der Waals surface area contributed by atoms with E-state index in [2.05, 4.69) is 44.0 Å². The predicted octanol–water partition coefficient (Wildman–Crippen LogP) is 1.74. The first-order valence-electron chi connectivity index (χ1n) is 7.92. The van der Waals surface area contributed by atoms with E-state index in [1.165, 1.54) is 17.3 Å². The summed E-state index contributed by atoms with van der Waals surface area (Å²) in [5.74, 6) is 0.733. The van der Waals surface area contributed by atoms with Crippen LogP contribution in [-0.4, -0.2) is 51.8 Å². The van der Waals surface area contributed by atoms with Gasteiger partial charge in [0.2, 0.25) is 0 Å². The smallest absolute Gasteiger partial charge is 0.149 e. The summed E-state index contributed by atoms with van der Waals surface area (Å²) in [5.41, 5.74) is 2.79. The second kappa shape index (κ2) is 6.07. The molecular weight excluding hydrogens is 312 g/mol. The summed E-state index contributed by atoms with van der Waals surface area (Å²) in [6.45, 7) is 3.19. The highest BCUT2D eigenvalue weighted by atomic mass is 35.5. The Balaban J connectivity index is 1.50. The van der Waals surface area contributed by atoms with E-state index in [1.807, 2.05) is 0 Å². The molecular formula is C17H19ClN4O. The van der Waals surface area contributed by atoms with Crippen LogP contribution in [0.15, 0.2) is 36.7 Å². The molecule has 1 N–H and O–H groups in total. The predicted molar refractivity (Wildman–Crippen MR) is 89.6 cm³/mol. The van der Waals surface area contributed by atoms with Crippen LogP contribution in [0.2, 0.25) is 5.15 Å². The molecule has 5 nitrogen and oxygen atoms in total. The van der Waals surface area contributed by atoms with Gasteiger partial charge in [-0.1, -0.05) is 35.9 Å². The van der Waals surface area contributed by atoms with Crippen molar-refractivity contribution in [3.8, 4) is 0 Å². The van der Waals surface area contributed by atoms with Gasteiger partial charge in [0.05, 0.1) is 24.5 Å². The minimum Gasteiger partial charge on any atom is -0.390 e. The second-order valence-electron chi connectivity index (χ2n) is 6.23. The fourth-order valence-corrected chi connectivity index (χ4v) is 3.74. The number of aromatic nitrogens is 2. The topological polar surface area (TPSA) is 52.5 Å². The summed E-state index contributed by atoms with van der Waals surface area (Å²) < 4.78 is 0. The minimum atomic E-state index is -0.388. The van der Waals surface area contributed by atoms with Gasteiger partial charge in [-0.15, -0.1) is 0 Å². The van der Waals surface area contributed by atoms with Crippen molar-refractivity contribution in [2.24, 2.45) is 0 Å². The number of anilines is 1. The molecule has 2 aliphatic heterocycles. The lowest BCUT2D eigenvalue weighted by molar-refractivity contribution is 0.0747. The number of benzene rings is 1. The Morgan fingerprint density at radius 2 is 1.96 bits per heavy atom. The monoisotopic (exact) mass is 330 g/mol. The molecule has 0 unspecified atom stereocenters. The van der Waals surface area contributed by atoms with Gasteiger partial charge in [-0.25, -0.2) is 4.98 Å². The maximum absolute atomic E-state index is 10.5. The van der Waals surface area contributed by atoms with E-state index >= 15 is 0 Å². The Labute approximate surface area is 140 Å². The second-order valence-corrected chi connectivity index (χ2v) is 6.62. The third-order valence-electron chi connectivity index (χ3n) is 4.80. The van der Waals surface area contributed by atoms with E-state index in [-0.39, 0.29) is 12.1 Å². The summed E-state index contributed by atoms with van der Waals surface area (Å²) in [6.07, 6.45) is 3.88. The maximum Gasteiger partial charge on any atom is 0.149 e. The molecule has 0 spiro atoms. The molecule has 6 heteroatoms. The Kier molecular flexibility index (Phi) is 3.93. The molecule has 4 rings (SSSR count). The van der Waals surface area contributed by atoms with Gasteiger partial charge in [-0.3, -0.25) is 9.88 Å². The third-order valence-corrected chi connectivity index (χ3v) is 4.99. The first-order valence-corrected chi connectivity index (χ1v) is 8.30. The van der Waals surface area contributed by atoms with Crippen LogP contribution >= 0.6 is 11.6 Å². The molecule has 2 atom stereocenters. The molecule has 1 fully saturated rings. The van der Waals surface area contributed by atoms with Gasteiger partial charge in [0.15, 0.2) is 0 Å². The zero-order valence-electron chi connectivity index (χ0n) is 12.8. The summed E-state index contributed by atoms with van der Waals surface area (Å²) in [4.78, 5) is 12.8. The van der Waals surface area contributed by atoms with Crippen LogP contribution in [0.4, 0.5) is 5.82 Å². The van der Waals surface area contributed by atoms with Crippen molar-refractivity contribution < 1.29 is 5.11 Å². The highest BCUT2D eigenvalue weighted by Gasteiger charge is 2.37. The van der Waals surface area contributed by atoms with Crippen LogP contribution in [0, 0.1) is 0 Å². The van der Waals surface area contributed by atoms with Gasteiger partial charge in [0.25, 0.3) is 0 Å². The van der Waals surface area contributed by atoms with Gasteiger partial charge in [-0.2, -0.15) is 0 Å². The van der Waals surface area contributed by atoms with Crippen LogP contribution < -0.4 is 4.90 Å². The Morgan fingerprint density at radius 1 is 1.13 bits per heavy atom. The van der Waals surface area contributed by atoms with E-state index in [4.69, 9.17) is 11.6 Å². The van der Waals surface area contributed by atoms with E-state index in [0.29, 0.717) is 11.7 Å². The zero-order chi connectivity index (χ0) is 15.8. The first kappa shape index (κ1) is 14.9. The van der Waals surface area contributed by atoms with Crippen LogP contribution in [-0.2, 0) is 13.0 Å². The number of rotatable bonds is 2. The van der Waals surface area contributed by atoms with Crippen molar-refractivity contribution in [3.63, 3.8) is 0 Å². The van der Waals surface area contributed by atoms with Crippen molar-refractivity contribution in [2.45, 2.75) is 25.1 Å². The molecule has 120 valence electrons. The summed E-state index contributed by atoms with van der Waals surface area (Å²) in [6, 6.07) is 8.68. The highest BCUT2D eigenvalue weighted by molar-refractivity contribution is 6.29. The Bertz CT molecular complexity index is 710.